The van der Waals surface area contributed by atoms with E-state index in [1.807, 2.05) is 76.3 Å². The number of para-hydroxylation sites is 1. The predicted octanol–water partition coefficient (Wildman–Crippen LogP) is 5.04. The first kappa shape index (κ1) is 26.4. The van der Waals surface area contributed by atoms with Gasteiger partial charge in [-0.2, -0.15) is 5.10 Å². The van der Waals surface area contributed by atoms with Gasteiger partial charge in [-0.1, -0.05) is 48.5 Å². The second-order valence-corrected chi connectivity index (χ2v) is 10.4. The molecule has 0 unspecified atom stereocenters. The Morgan fingerprint density at radius 2 is 1.81 bits per heavy atom. The molecule has 2 atom stereocenters. The van der Waals surface area contributed by atoms with Gasteiger partial charge in [-0.15, -0.1) is 0 Å². The molecule has 1 aliphatic rings. The molecule has 3 aromatic rings. The molecule has 0 spiro atoms. The number of benzene rings is 2. The quantitative estimate of drug-likeness (QED) is 0.404. The van der Waals surface area contributed by atoms with Crippen LogP contribution in [0.5, 0.6) is 11.6 Å². The summed E-state index contributed by atoms with van der Waals surface area (Å²) in [4.78, 5) is 2.24. The zero-order valence-electron chi connectivity index (χ0n) is 21.9. The van der Waals surface area contributed by atoms with Crippen LogP contribution in [0.25, 0.3) is 11.3 Å². The number of hydrogen-bond acceptors (Lipinski definition) is 6. The lowest BCUT2D eigenvalue weighted by Crippen LogP contribution is -2.40. The summed E-state index contributed by atoms with van der Waals surface area (Å²) in [7, 11) is 1.91. The van der Waals surface area contributed by atoms with Crippen molar-refractivity contribution >= 4 is 0 Å². The van der Waals surface area contributed by atoms with Crippen LogP contribution in [0.15, 0.2) is 60.7 Å². The van der Waals surface area contributed by atoms with Gasteiger partial charge in [0.15, 0.2) is 0 Å². The van der Waals surface area contributed by atoms with Crippen molar-refractivity contribution in [2.75, 3.05) is 26.3 Å². The number of aryl methyl sites for hydroxylation is 1. The van der Waals surface area contributed by atoms with E-state index >= 15 is 0 Å². The number of aliphatic hydroxyl groups is 1. The van der Waals surface area contributed by atoms with Crippen molar-refractivity contribution in [3.05, 3.63) is 66.2 Å². The molecule has 194 valence electrons. The van der Waals surface area contributed by atoms with E-state index in [-0.39, 0.29) is 18.3 Å². The van der Waals surface area contributed by atoms with Crippen molar-refractivity contribution in [1.82, 2.24) is 14.7 Å². The van der Waals surface area contributed by atoms with Crippen LogP contribution in [0.3, 0.4) is 0 Å². The number of rotatable bonds is 11. The van der Waals surface area contributed by atoms with Gasteiger partial charge in [0.25, 0.3) is 0 Å². The zero-order chi connectivity index (χ0) is 25.5. The SMILES string of the molecule is Cn1nc(-c2ccccc2)c(CN(C[C@H](O)COC(C)(C)C)C[C@@H]2CCCO2)c1Oc1ccccc1. The fourth-order valence-electron chi connectivity index (χ4n) is 4.45. The minimum absolute atomic E-state index is 0.149. The van der Waals surface area contributed by atoms with Gasteiger partial charge in [0.2, 0.25) is 5.88 Å². The fourth-order valence-corrected chi connectivity index (χ4v) is 4.45. The third-order valence-corrected chi connectivity index (χ3v) is 6.14. The number of hydrogen-bond donors (Lipinski definition) is 1. The highest BCUT2D eigenvalue weighted by Crippen LogP contribution is 2.34. The van der Waals surface area contributed by atoms with Gasteiger partial charge in [0, 0.05) is 38.9 Å². The smallest absolute Gasteiger partial charge is 0.222 e. The van der Waals surface area contributed by atoms with Gasteiger partial charge in [0.1, 0.15) is 11.4 Å². The van der Waals surface area contributed by atoms with Crippen LogP contribution in [-0.2, 0) is 23.1 Å². The van der Waals surface area contributed by atoms with Gasteiger partial charge in [0.05, 0.1) is 30.0 Å². The first-order valence-corrected chi connectivity index (χ1v) is 12.8. The number of ether oxygens (including phenoxy) is 3. The normalized spacial score (nSPS) is 17.0. The average molecular weight is 494 g/mol. The summed E-state index contributed by atoms with van der Waals surface area (Å²) >= 11 is 0. The van der Waals surface area contributed by atoms with Gasteiger partial charge < -0.3 is 19.3 Å². The molecule has 36 heavy (non-hydrogen) atoms. The lowest BCUT2D eigenvalue weighted by atomic mass is 10.1. The highest BCUT2D eigenvalue weighted by atomic mass is 16.5. The van der Waals surface area contributed by atoms with Gasteiger partial charge in [-0.3, -0.25) is 4.90 Å². The van der Waals surface area contributed by atoms with E-state index < -0.39 is 6.10 Å². The molecule has 2 aromatic carbocycles. The molecule has 0 bridgehead atoms. The molecule has 7 heteroatoms. The first-order valence-electron chi connectivity index (χ1n) is 12.8. The molecule has 1 N–H and O–H groups in total. The third kappa shape index (κ3) is 7.40. The van der Waals surface area contributed by atoms with Crippen LogP contribution in [-0.4, -0.2) is 63.9 Å². The van der Waals surface area contributed by atoms with Crippen LogP contribution < -0.4 is 4.74 Å². The Morgan fingerprint density at radius 3 is 2.44 bits per heavy atom. The van der Waals surface area contributed by atoms with E-state index in [9.17, 15) is 5.11 Å². The van der Waals surface area contributed by atoms with E-state index in [2.05, 4.69) is 17.0 Å². The lowest BCUT2D eigenvalue weighted by Gasteiger charge is -2.29. The minimum Gasteiger partial charge on any atom is -0.439 e. The molecule has 0 amide bonds. The van der Waals surface area contributed by atoms with E-state index in [1.54, 1.807) is 4.68 Å². The van der Waals surface area contributed by atoms with Crippen molar-refractivity contribution in [2.24, 2.45) is 7.05 Å². The Kier molecular flexibility index (Phi) is 8.80. The number of nitrogens with zero attached hydrogens (tertiary/aromatic N) is 3. The topological polar surface area (TPSA) is 69.0 Å². The predicted molar refractivity (Wildman–Crippen MR) is 141 cm³/mol. The highest BCUT2D eigenvalue weighted by molar-refractivity contribution is 5.65. The maximum Gasteiger partial charge on any atom is 0.222 e. The van der Waals surface area contributed by atoms with Crippen molar-refractivity contribution in [2.45, 2.75) is 58.0 Å². The van der Waals surface area contributed by atoms with Crippen LogP contribution in [0.2, 0.25) is 0 Å². The number of aromatic nitrogens is 2. The molecule has 1 aromatic heterocycles. The zero-order valence-corrected chi connectivity index (χ0v) is 21.9. The number of aliphatic hydroxyl groups excluding tert-OH is 1. The molecular weight excluding hydrogens is 454 g/mol. The molecule has 2 heterocycles. The summed E-state index contributed by atoms with van der Waals surface area (Å²) in [6, 6.07) is 19.9. The summed E-state index contributed by atoms with van der Waals surface area (Å²) in [6.45, 7) is 8.81. The Bertz CT molecular complexity index is 1070. The highest BCUT2D eigenvalue weighted by Gasteiger charge is 2.27. The largest absolute Gasteiger partial charge is 0.439 e. The molecule has 0 saturated carbocycles. The third-order valence-electron chi connectivity index (χ3n) is 6.14. The molecule has 4 rings (SSSR count). The van der Waals surface area contributed by atoms with Gasteiger partial charge >= 0.3 is 0 Å². The van der Waals surface area contributed by atoms with Crippen molar-refractivity contribution in [3.8, 4) is 22.9 Å². The maximum absolute atomic E-state index is 10.9. The summed E-state index contributed by atoms with van der Waals surface area (Å²) in [5.41, 5.74) is 2.58. The summed E-state index contributed by atoms with van der Waals surface area (Å²) < 4.78 is 20.0. The minimum atomic E-state index is -0.624. The second kappa shape index (κ2) is 12.0. The van der Waals surface area contributed by atoms with E-state index in [0.717, 1.165) is 48.6 Å². The van der Waals surface area contributed by atoms with Crippen LogP contribution >= 0.6 is 0 Å². The summed E-state index contributed by atoms with van der Waals surface area (Å²) in [5.74, 6) is 1.45. The van der Waals surface area contributed by atoms with Gasteiger partial charge in [-0.25, -0.2) is 4.68 Å². The fraction of sp³-hybridized carbons (Fsp3) is 0.483. The monoisotopic (exact) mass is 493 g/mol. The maximum atomic E-state index is 10.9. The van der Waals surface area contributed by atoms with Crippen molar-refractivity contribution in [3.63, 3.8) is 0 Å². The Hall–Kier alpha value is -2.71. The van der Waals surface area contributed by atoms with E-state index in [1.165, 1.54) is 0 Å². The Balaban J connectivity index is 1.64. The van der Waals surface area contributed by atoms with Crippen LogP contribution in [0, 0.1) is 0 Å². The molecule has 1 aliphatic heterocycles. The summed E-state index contributed by atoms with van der Waals surface area (Å²) in [6.07, 6.45) is 1.62. The van der Waals surface area contributed by atoms with Gasteiger partial charge in [-0.05, 0) is 45.7 Å². The van der Waals surface area contributed by atoms with Crippen LogP contribution in [0.1, 0.15) is 39.2 Å². The molecule has 1 saturated heterocycles. The summed E-state index contributed by atoms with van der Waals surface area (Å²) in [5, 5.41) is 15.7. The molecule has 1 fully saturated rings. The molecule has 7 nitrogen and oxygen atoms in total. The Morgan fingerprint density at radius 1 is 1.11 bits per heavy atom. The molecule has 0 radical (unpaired) electrons. The average Bonchev–Trinajstić information content (AvgIpc) is 3.47. The molecular formula is C29H39N3O4. The van der Waals surface area contributed by atoms with E-state index in [4.69, 9.17) is 19.3 Å². The standard InChI is InChI=1S/C29H39N3O4/c1-29(2,3)35-21-23(33)18-32(19-25-16-11-17-34-25)20-26-27(22-12-7-5-8-13-22)30-31(4)28(26)36-24-14-9-6-10-15-24/h5-10,12-15,23,25,33H,11,16-21H2,1-4H3/t23-,25-/m0/s1. The van der Waals surface area contributed by atoms with Crippen molar-refractivity contribution in [1.29, 1.82) is 0 Å². The molecule has 0 aliphatic carbocycles. The Labute approximate surface area is 214 Å². The van der Waals surface area contributed by atoms with Crippen LogP contribution in [0.4, 0.5) is 0 Å². The lowest BCUT2D eigenvalue weighted by molar-refractivity contribution is -0.0594. The first-order chi connectivity index (χ1) is 17.3. The van der Waals surface area contributed by atoms with Crippen molar-refractivity contribution < 1.29 is 19.3 Å². The van der Waals surface area contributed by atoms with E-state index in [0.29, 0.717) is 19.0 Å². The second-order valence-electron chi connectivity index (χ2n) is 10.4.